The zero-order chi connectivity index (χ0) is 18.4. The van der Waals surface area contributed by atoms with Crippen molar-refractivity contribution in [1.82, 2.24) is 0 Å². The van der Waals surface area contributed by atoms with Crippen LogP contribution in [-0.2, 0) is 10.2 Å². The number of nitriles is 1. The Hall–Kier alpha value is -2.77. The van der Waals surface area contributed by atoms with Crippen LogP contribution in [0.3, 0.4) is 0 Å². The first-order chi connectivity index (χ1) is 11.8. The lowest BCUT2D eigenvalue weighted by molar-refractivity contribution is -0.112. The van der Waals surface area contributed by atoms with Crippen molar-refractivity contribution in [1.29, 1.82) is 5.26 Å². The van der Waals surface area contributed by atoms with Gasteiger partial charge in [0.1, 0.15) is 11.6 Å². The molecule has 0 saturated heterocycles. The maximum Gasteiger partial charge on any atom is 0.267 e. The number of nitrogens with one attached hydrogen (secondary N) is 2. The second-order valence-electron chi connectivity index (χ2n) is 6.60. The Balaban J connectivity index is 2.05. The molecule has 2 N–H and O–H groups in total. The second kappa shape index (κ2) is 7.87. The summed E-state index contributed by atoms with van der Waals surface area (Å²) in [6, 6.07) is 16.5. The highest BCUT2D eigenvalue weighted by Gasteiger charge is 2.13. The summed E-state index contributed by atoms with van der Waals surface area (Å²) in [5, 5.41) is 15.4. The highest BCUT2D eigenvalue weighted by atomic mass is 35.5. The third kappa shape index (κ3) is 5.37. The minimum atomic E-state index is -0.483. The molecule has 25 heavy (non-hydrogen) atoms. The Morgan fingerprint density at radius 3 is 2.12 bits per heavy atom. The average Bonchev–Trinajstić information content (AvgIpc) is 2.57. The minimum absolute atomic E-state index is 0.0187. The number of nitrogens with zero attached hydrogens (tertiary/aromatic N) is 1. The van der Waals surface area contributed by atoms with Gasteiger partial charge in [0.05, 0.1) is 0 Å². The molecule has 0 aliphatic rings. The molecule has 2 aromatic rings. The third-order valence-corrected chi connectivity index (χ3v) is 3.85. The summed E-state index contributed by atoms with van der Waals surface area (Å²) in [7, 11) is 0. The van der Waals surface area contributed by atoms with Gasteiger partial charge in [-0.05, 0) is 47.4 Å². The number of rotatable bonds is 4. The van der Waals surface area contributed by atoms with Gasteiger partial charge < -0.3 is 10.6 Å². The molecule has 1 amide bonds. The van der Waals surface area contributed by atoms with E-state index in [0.717, 1.165) is 5.69 Å². The summed E-state index contributed by atoms with van der Waals surface area (Å²) in [6.07, 6.45) is 1.40. The van der Waals surface area contributed by atoms with E-state index in [2.05, 4.69) is 31.4 Å². The molecule has 5 heteroatoms. The fraction of sp³-hybridized carbons (Fsp3) is 0.200. The minimum Gasteiger partial charge on any atom is -0.360 e. The Morgan fingerprint density at radius 2 is 1.60 bits per heavy atom. The quantitative estimate of drug-likeness (QED) is 0.594. The fourth-order valence-electron chi connectivity index (χ4n) is 2.10. The van der Waals surface area contributed by atoms with E-state index in [9.17, 15) is 10.1 Å². The van der Waals surface area contributed by atoms with Crippen molar-refractivity contribution in [2.75, 3.05) is 10.6 Å². The Morgan fingerprint density at radius 1 is 1.04 bits per heavy atom. The molecule has 0 atom stereocenters. The van der Waals surface area contributed by atoms with Crippen LogP contribution in [0.1, 0.15) is 26.3 Å². The number of carbonyl (C=O) groups excluding carboxylic acids is 1. The van der Waals surface area contributed by atoms with Crippen LogP contribution in [0.2, 0.25) is 5.02 Å². The van der Waals surface area contributed by atoms with Crippen LogP contribution in [0.4, 0.5) is 11.4 Å². The van der Waals surface area contributed by atoms with E-state index in [4.69, 9.17) is 11.6 Å². The summed E-state index contributed by atoms with van der Waals surface area (Å²) in [5.41, 5.74) is 2.65. The maximum absolute atomic E-state index is 12.2. The van der Waals surface area contributed by atoms with Gasteiger partial charge in [0.25, 0.3) is 5.91 Å². The van der Waals surface area contributed by atoms with Crippen LogP contribution >= 0.6 is 11.6 Å². The van der Waals surface area contributed by atoms with Crippen molar-refractivity contribution in [3.63, 3.8) is 0 Å². The molecule has 0 unspecified atom stereocenters. The summed E-state index contributed by atoms with van der Waals surface area (Å²) in [5.74, 6) is -0.483. The molecule has 128 valence electrons. The lowest BCUT2D eigenvalue weighted by atomic mass is 9.87. The van der Waals surface area contributed by atoms with Gasteiger partial charge in [-0.25, -0.2) is 0 Å². The number of benzene rings is 2. The van der Waals surface area contributed by atoms with Crippen LogP contribution in [0.5, 0.6) is 0 Å². The van der Waals surface area contributed by atoms with Gasteiger partial charge in [-0.3, -0.25) is 4.79 Å². The molecular weight excluding hydrogens is 334 g/mol. The SMILES string of the molecule is CC(C)(C)c1ccc(N/C=C(/C#N)C(=O)Nc2ccc(Cl)cc2)cc1. The van der Waals surface area contributed by atoms with E-state index < -0.39 is 5.91 Å². The Bertz CT molecular complexity index is 810. The second-order valence-corrected chi connectivity index (χ2v) is 7.04. The van der Waals surface area contributed by atoms with Crippen LogP contribution in [-0.4, -0.2) is 5.91 Å². The number of anilines is 2. The number of carbonyl (C=O) groups is 1. The van der Waals surface area contributed by atoms with E-state index >= 15 is 0 Å². The normalized spacial score (nSPS) is 11.6. The first-order valence-electron chi connectivity index (χ1n) is 7.84. The molecule has 2 rings (SSSR count). The first kappa shape index (κ1) is 18.6. The summed E-state index contributed by atoms with van der Waals surface area (Å²) in [6.45, 7) is 6.43. The lowest BCUT2D eigenvalue weighted by Gasteiger charge is -2.19. The van der Waals surface area contributed by atoms with Crippen molar-refractivity contribution in [3.8, 4) is 6.07 Å². The van der Waals surface area contributed by atoms with Gasteiger partial charge in [0, 0.05) is 22.6 Å². The molecule has 0 fully saturated rings. The maximum atomic E-state index is 12.2. The molecule has 0 heterocycles. The monoisotopic (exact) mass is 353 g/mol. The largest absolute Gasteiger partial charge is 0.360 e. The van der Waals surface area contributed by atoms with Gasteiger partial charge in [0.15, 0.2) is 0 Å². The molecular formula is C20H20ClN3O. The number of amides is 1. The molecule has 0 aliphatic heterocycles. The van der Waals surface area contributed by atoms with E-state index in [1.165, 1.54) is 11.8 Å². The fourth-order valence-corrected chi connectivity index (χ4v) is 2.23. The highest BCUT2D eigenvalue weighted by Crippen LogP contribution is 2.23. The Kier molecular flexibility index (Phi) is 5.84. The molecule has 0 aliphatic carbocycles. The number of hydrogen-bond acceptors (Lipinski definition) is 3. The van der Waals surface area contributed by atoms with Gasteiger partial charge in [-0.15, -0.1) is 0 Å². The highest BCUT2D eigenvalue weighted by molar-refractivity contribution is 6.30. The molecule has 0 saturated carbocycles. The van der Waals surface area contributed by atoms with Crippen molar-refractivity contribution in [2.24, 2.45) is 0 Å². The van der Waals surface area contributed by atoms with E-state index in [1.54, 1.807) is 24.3 Å². The van der Waals surface area contributed by atoms with Crippen molar-refractivity contribution in [3.05, 3.63) is 70.9 Å². The molecule has 0 aromatic heterocycles. The van der Waals surface area contributed by atoms with Crippen molar-refractivity contribution < 1.29 is 4.79 Å². The summed E-state index contributed by atoms with van der Waals surface area (Å²) >= 11 is 5.81. The van der Waals surface area contributed by atoms with E-state index in [0.29, 0.717) is 10.7 Å². The van der Waals surface area contributed by atoms with Gasteiger partial charge >= 0.3 is 0 Å². The summed E-state index contributed by atoms with van der Waals surface area (Å²) < 4.78 is 0. The standard InChI is InChI=1S/C20H20ClN3O/c1-20(2,3)15-4-8-17(9-5-15)23-13-14(12-22)19(25)24-18-10-6-16(21)7-11-18/h4-11,13,23H,1-3H3,(H,24,25)/b14-13-. The van der Waals surface area contributed by atoms with Crippen molar-refractivity contribution in [2.45, 2.75) is 26.2 Å². The summed E-state index contributed by atoms with van der Waals surface area (Å²) in [4.78, 5) is 12.2. The van der Waals surface area contributed by atoms with Gasteiger partial charge in [-0.2, -0.15) is 5.26 Å². The predicted molar refractivity (Wildman–Crippen MR) is 103 cm³/mol. The molecule has 0 radical (unpaired) electrons. The van der Waals surface area contributed by atoms with Gasteiger partial charge in [0.2, 0.25) is 0 Å². The Labute approximate surface area is 153 Å². The van der Waals surface area contributed by atoms with E-state index in [-0.39, 0.29) is 11.0 Å². The molecule has 0 spiro atoms. The molecule has 2 aromatic carbocycles. The predicted octanol–water partition coefficient (Wildman–Crippen LogP) is 5.10. The molecule has 0 bridgehead atoms. The van der Waals surface area contributed by atoms with Crippen LogP contribution in [0.15, 0.2) is 60.3 Å². The topological polar surface area (TPSA) is 64.9 Å². The van der Waals surface area contributed by atoms with Gasteiger partial charge in [-0.1, -0.05) is 44.5 Å². The van der Waals surface area contributed by atoms with Crippen LogP contribution < -0.4 is 10.6 Å². The van der Waals surface area contributed by atoms with Crippen molar-refractivity contribution >= 4 is 28.9 Å². The lowest BCUT2D eigenvalue weighted by Crippen LogP contribution is -2.14. The zero-order valence-corrected chi connectivity index (χ0v) is 15.2. The third-order valence-electron chi connectivity index (χ3n) is 3.60. The van der Waals surface area contributed by atoms with Crippen LogP contribution in [0.25, 0.3) is 0 Å². The average molecular weight is 354 g/mol. The zero-order valence-electron chi connectivity index (χ0n) is 14.4. The number of halogens is 1. The van der Waals surface area contributed by atoms with E-state index in [1.807, 2.05) is 30.3 Å². The molecule has 4 nitrogen and oxygen atoms in total. The smallest absolute Gasteiger partial charge is 0.267 e. The number of hydrogen-bond donors (Lipinski definition) is 2. The first-order valence-corrected chi connectivity index (χ1v) is 8.21. The van der Waals surface area contributed by atoms with Crippen LogP contribution in [0, 0.1) is 11.3 Å².